The first-order valence-electron chi connectivity index (χ1n) is 6.80. The molecule has 1 aromatic rings. The summed E-state index contributed by atoms with van der Waals surface area (Å²) >= 11 is 0. The van der Waals surface area contributed by atoms with Crippen LogP contribution >= 0.6 is 0 Å². The summed E-state index contributed by atoms with van der Waals surface area (Å²) < 4.78 is 0. The molecule has 0 atom stereocenters. The van der Waals surface area contributed by atoms with Gasteiger partial charge in [-0.05, 0) is 41.9 Å². The van der Waals surface area contributed by atoms with Gasteiger partial charge in [0.1, 0.15) is 0 Å². The van der Waals surface area contributed by atoms with Crippen LogP contribution in [0.5, 0.6) is 0 Å². The Morgan fingerprint density at radius 2 is 1.79 bits per heavy atom. The highest BCUT2D eigenvalue weighted by atomic mass is 16.4. The third-order valence-electron chi connectivity index (χ3n) is 3.25. The fraction of sp³-hybridized carbons (Fsp3) is 0.471. The van der Waals surface area contributed by atoms with Crippen LogP contribution in [0.25, 0.3) is 5.57 Å². The lowest BCUT2D eigenvalue weighted by atomic mass is 9.86. The molecular formula is C17H24O2. The third kappa shape index (κ3) is 5.29. The lowest BCUT2D eigenvalue weighted by Gasteiger charge is -2.19. The van der Waals surface area contributed by atoms with E-state index in [0.717, 1.165) is 6.42 Å². The molecule has 0 radical (unpaired) electrons. The zero-order valence-electron chi connectivity index (χ0n) is 12.4. The minimum Gasteiger partial charge on any atom is -0.481 e. The van der Waals surface area contributed by atoms with E-state index in [1.807, 2.05) is 0 Å². The van der Waals surface area contributed by atoms with Crippen molar-refractivity contribution in [2.45, 2.75) is 52.4 Å². The number of carboxylic acids is 1. The fourth-order valence-electron chi connectivity index (χ4n) is 1.92. The van der Waals surface area contributed by atoms with Gasteiger partial charge in [0.2, 0.25) is 0 Å². The van der Waals surface area contributed by atoms with E-state index in [4.69, 9.17) is 5.11 Å². The van der Waals surface area contributed by atoms with Crippen LogP contribution in [0.15, 0.2) is 30.3 Å². The number of carboxylic acid groups (broad SMARTS) is 1. The molecule has 0 aliphatic carbocycles. The molecule has 104 valence electrons. The van der Waals surface area contributed by atoms with Crippen LogP contribution in [0.4, 0.5) is 0 Å². The highest BCUT2D eigenvalue weighted by Crippen LogP contribution is 2.24. The van der Waals surface area contributed by atoms with E-state index in [0.29, 0.717) is 6.42 Å². The van der Waals surface area contributed by atoms with Crippen molar-refractivity contribution in [1.29, 1.82) is 0 Å². The summed E-state index contributed by atoms with van der Waals surface area (Å²) in [6.07, 6.45) is 3.88. The van der Waals surface area contributed by atoms with Crippen molar-refractivity contribution in [2.75, 3.05) is 0 Å². The Labute approximate surface area is 116 Å². The van der Waals surface area contributed by atoms with Gasteiger partial charge < -0.3 is 5.11 Å². The molecule has 19 heavy (non-hydrogen) atoms. The van der Waals surface area contributed by atoms with Crippen LogP contribution in [0.1, 0.15) is 58.1 Å². The Bertz CT molecular complexity index is 447. The highest BCUT2D eigenvalue weighted by Gasteiger charge is 2.12. The summed E-state index contributed by atoms with van der Waals surface area (Å²) in [5.74, 6) is -0.722. The molecule has 0 aromatic heterocycles. The van der Waals surface area contributed by atoms with Gasteiger partial charge in [-0.15, -0.1) is 0 Å². The number of hydrogen-bond acceptors (Lipinski definition) is 1. The van der Waals surface area contributed by atoms with E-state index >= 15 is 0 Å². The van der Waals surface area contributed by atoms with Gasteiger partial charge in [-0.2, -0.15) is 0 Å². The number of carbonyl (C=O) groups is 1. The molecular weight excluding hydrogens is 236 g/mol. The molecule has 0 unspecified atom stereocenters. The van der Waals surface area contributed by atoms with Crippen LogP contribution in [-0.2, 0) is 10.2 Å². The summed E-state index contributed by atoms with van der Waals surface area (Å²) in [4.78, 5) is 10.4. The molecule has 1 N–H and O–H groups in total. The molecule has 2 nitrogen and oxygen atoms in total. The van der Waals surface area contributed by atoms with Gasteiger partial charge in [-0.1, -0.05) is 51.1 Å². The maximum Gasteiger partial charge on any atom is 0.303 e. The largest absolute Gasteiger partial charge is 0.481 e. The van der Waals surface area contributed by atoms with Gasteiger partial charge in [0.15, 0.2) is 0 Å². The van der Waals surface area contributed by atoms with Crippen LogP contribution < -0.4 is 0 Å². The maximum absolute atomic E-state index is 10.4. The topological polar surface area (TPSA) is 37.3 Å². The zero-order valence-corrected chi connectivity index (χ0v) is 12.4. The first-order chi connectivity index (χ1) is 8.80. The quantitative estimate of drug-likeness (QED) is 0.783. The van der Waals surface area contributed by atoms with E-state index in [-0.39, 0.29) is 11.8 Å². The molecule has 2 heteroatoms. The van der Waals surface area contributed by atoms with Crippen molar-refractivity contribution in [2.24, 2.45) is 0 Å². The molecule has 0 spiro atoms. The summed E-state index contributed by atoms with van der Waals surface area (Å²) in [6.45, 7) is 8.69. The Morgan fingerprint density at radius 1 is 1.21 bits per heavy atom. The van der Waals surface area contributed by atoms with Gasteiger partial charge in [-0.25, -0.2) is 0 Å². The second kappa shape index (κ2) is 6.55. The van der Waals surface area contributed by atoms with Crippen LogP contribution in [0.3, 0.4) is 0 Å². The second-order valence-corrected chi connectivity index (χ2v) is 6.00. The Kier molecular flexibility index (Phi) is 5.34. The molecule has 0 fully saturated rings. The molecule has 0 bridgehead atoms. The summed E-state index contributed by atoms with van der Waals surface area (Å²) in [7, 11) is 0. The molecule has 0 saturated carbocycles. The lowest BCUT2D eigenvalue weighted by Crippen LogP contribution is -2.10. The van der Waals surface area contributed by atoms with Crippen molar-refractivity contribution < 1.29 is 9.90 Å². The number of aliphatic carboxylic acids is 1. The number of allylic oxidation sites excluding steroid dienone is 2. The Hall–Kier alpha value is -1.57. The van der Waals surface area contributed by atoms with Gasteiger partial charge >= 0.3 is 5.97 Å². The van der Waals surface area contributed by atoms with Crippen molar-refractivity contribution in [3.8, 4) is 0 Å². The van der Waals surface area contributed by atoms with E-state index < -0.39 is 5.97 Å². The normalized spacial score (nSPS) is 12.5. The summed E-state index contributed by atoms with van der Waals surface area (Å²) in [6, 6.07) is 8.63. The maximum atomic E-state index is 10.4. The summed E-state index contributed by atoms with van der Waals surface area (Å²) in [5.41, 5.74) is 3.93. The Balaban J connectivity index is 2.65. The number of hydrogen-bond donors (Lipinski definition) is 1. The van der Waals surface area contributed by atoms with Crippen LogP contribution in [-0.4, -0.2) is 11.1 Å². The number of unbranched alkanes of at least 4 members (excludes halogenated alkanes) is 1. The second-order valence-electron chi connectivity index (χ2n) is 6.00. The smallest absolute Gasteiger partial charge is 0.303 e. The van der Waals surface area contributed by atoms with Gasteiger partial charge in [0.25, 0.3) is 0 Å². The summed E-state index contributed by atoms with van der Waals surface area (Å²) in [5, 5.41) is 8.58. The molecule has 1 rings (SSSR count). The van der Waals surface area contributed by atoms with Crippen LogP contribution in [0.2, 0.25) is 0 Å². The molecule has 0 heterocycles. The average molecular weight is 260 g/mol. The van der Waals surface area contributed by atoms with Gasteiger partial charge in [0.05, 0.1) is 0 Å². The van der Waals surface area contributed by atoms with E-state index in [1.54, 1.807) is 0 Å². The molecule has 0 amide bonds. The monoisotopic (exact) mass is 260 g/mol. The van der Waals surface area contributed by atoms with Gasteiger partial charge in [-0.3, -0.25) is 4.79 Å². The first-order valence-corrected chi connectivity index (χ1v) is 6.80. The van der Waals surface area contributed by atoms with Gasteiger partial charge in [0, 0.05) is 6.42 Å². The minimum absolute atomic E-state index is 0.178. The number of benzene rings is 1. The van der Waals surface area contributed by atoms with E-state index in [2.05, 4.69) is 58.0 Å². The molecule has 1 aromatic carbocycles. The fourth-order valence-corrected chi connectivity index (χ4v) is 1.92. The predicted octanol–water partition coefficient (Wildman–Crippen LogP) is 4.64. The van der Waals surface area contributed by atoms with E-state index in [1.165, 1.54) is 16.7 Å². The molecule has 0 aliphatic heterocycles. The lowest BCUT2D eigenvalue weighted by molar-refractivity contribution is -0.137. The van der Waals surface area contributed by atoms with E-state index in [9.17, 15) is 4.79 Å². The van der Waals surface area contributed by atoms with Crippen molar-refractivity contribution in [3.05, 3.63) is 41.5 Å². The highest BCUT2D eigenvalue weighted by molar-refractivity contribution is 5.67. The van der Waals surface area contributed by atoms with Crippen molar-refractivity contribution in [1.82, 2.24) is 0 Å². The number of rotatable bonds is 5. The zero-order chi connectivity index (χ0) is 14.5. The molecule has 0 saturated heterocycles. The van der Waals surface area contributed by atoms with Crippen LogP contribution in [0, 0.1) is 0 Å². The van der Waals surface area contributed by atoms with Crippen molar-refractivity contribution >= 4 is 11.5 Å². The predicted molar refractivity (Wildman–Crippen MR) is 80.3 cm³/mol. The van der Waals surface area contributed by atoms with Crippen molar-refractivity contribution in [3.63, 3.8) is 0 Å². The average Bonchev–Trinajstić information content (AvgIpc) is 2.33. The third-order valence-corrected chi connectivity index (χ3v) is 3.25. The minimum atomic E-state index is -0.722. The SMILES string of the molecule is C/C(=C\CCCC(=O)O)c1ccc(C(C)(C)C)cc1. The first kappa shape index (κ1) is 15.5. The molecule has 0 aliphatic rings. The Morgan fingerprint density at radius 3 is 2.26 bits per heavy atom. The standard InChI is InChI=1S/C17H24O2/c1-13(7-5-6-8-16(18)19)14-9-11-15(12-10-14)17(2,3)4/h7,9-12H,5-6,8H2,1-4H3,(H,18,19)/b13-7+.